The van der Waals surface area contributed by atoms with Crippen LogP contribution in [0.2, 0.25) is 0 Å². The van der Waals surface area contributed by atoms with Crippen molar-refractivity contribution in [3.05, 3.63) is 35.9 Å². The minimum Gasteiger partial charge on any atom is -0.457 e. The normalized spacial score (nSPS) is 12.0. The van der Waals surface area contributed by atoms with Crippen LogP contribution in [0.5, 0.6) is 0 Å². The van der Waals surface area contributed by atoms with E-state index in [1.165, 1.54) is 32.8 Å². The van der Waals surface area contributed by atoms with Crippen molar-refractivity contribution < 1.29 is 33.6 Å². The Morgan fingerprint density at radius 2 is 1.78 bits per heavy atom. The van der Waals surface area contributed by atoms with E-state index in [4.69, 9.17) is 9.47 Å². The van der Waals surface area contributed by atoms with Gasteiger partial charge in [-0.2, -0.15) is 4.89 Å². The summed E-state index contributed by atoms with van der Waals surface area (Å²) in [7, 11) is 1.17. The molecule has 0 aliphatic rings. The first-order valence-electron chi connectivity index (χ1n) is 8.64. The molecule has 0 fully saturated rings. The molecule has 0 saturated heterocycles. The smallest absolute Gasteiger partial charge is 0.410 e. The number of hydrogen-bond acceptors (Lipinski definition) is 7. The largest absolute Gasteiger partial charge is 0.457 e. The third-order valence-corrected chi connectivity index (χ3v) is 3.67. The molecule has 8 nitrogen and oxygen atoms in total. The van der Waals surface area contributed by atoms with E-state index in [-0.39, 0.29) is 13.2 Å². The summed E-state index contributed by atoms with van der Waals surface area (Å²) >= 11 is 0. The molecule has 0 bridgehead atoms. The minimum absolute atomic E-state index is 0.0416. The van der Waals surface area contributed by atoms with Crippen molar-refractivity contribution in [2.45, 2.75) is 52.4 Å². The Labute approximate surface area is 159 Å². The van der Waals surface area contributed by atoms with Crippen LogP contribution in [-0.4, -0.2) is 48.2 Å². The Bertz CT molecular complexity index is 630. The average Bonchev–Trinajstić information content (AvgIpc) is 2.59. The molecule has 0 saturated carbocycles. The molecule has 0 heterocycles. The SMILES string of the molecule is CCCN(C(=O)OCc1ccccc1)[C@H](C(=O)OOC)C(C)(C)OC(C)=O. The van der Waals surface area contributed by atoms with Crippen LogP contribution in [0.15, 0.2) is 30.3 Å². The number of rotatable bonds is 9. The number of benzene rings is 1. The molecule has 1 atom stereocenters. The molecule has 0 unspecified atom stereocenters. The van der Waals surface area contributed by atoms with Crippen LogP contribution in [0.4, 0.5) is 4.79 Å². The zero-order valence-electron chi connectivity index (χ0n) is 16.4. The first-order valence-corrected chi connectivity index (χ1v) is 8.64. The Balaban J connectivity index is 3.07. The summed E-state index contributed by atoms with van der Waals surface area (Å²) in [6, 6.07) is 7.90. The molecule has 1 aromatic carbocycles. The van der Waals surface area contributed by atoms with Crippen LogP contribution in [0, 0.1) is 0 Å². The van der Waals surface area contributed by atoms with E-state index < -0.39 is 29.7 Å². The third-order valence-electron chi connectivity index (χ3n) is 3.67. The predicted molar refractivity (Wildman–Crippen MR) is 96.4 cm³/mol. The number of carbonyl (C=O) groups is 3. The van der Waals surface area contributed by atoms with Gasteiger partial charge in [0.05, 0.1) is 7.11 Å². The van der Waals surface area contributed by atoms with Crippen molar-refractivity contribution in [2.24, 2.45) is 0 Å². The van der Waals surface area contributed by atoms with Gasteiger partial charge in [0, 0.05) is 13.5 Å². The Hall–Kier alpha value is -2.61. The van der Waals surface area contributed by atoms with Gasteiger partial charge in [0.25, 0.3) is 0 Å². The van der Waals surface area contributed by atoms with Gasteiger partial charge in [0.1, 0.15) is 12.2 Å². The molecule has 0 aliphatic carbocycles. The number of esters is 1. The van der Waals surface area contributed by atoms with Gasteiger partial charge in [-0.3, -0.25) is 14.6 Å². The quantitative estimate of drug-likeness (QED) is 0.369. The summed E-state index contributed by atoms with van der Waals surface area (Å²) in [5, 5.41) is 0. The minimum atomic E-state index is -1.36. The highest BCUT2D eigenvalue weighted by Crippen LogP contribution is 2.24. The zero-order chi connectivity index (χ0) is 20.4. The van der Waals surface area contributed by atoms with Crippen LogP contribution in [0.25, 0.3) is 0 Å². The van der Waals surface area contributed by atoms with Crippen LogP contribution in [0.1, 0.15) is 39.7 Å². The van der Waals surface area contributed by atoms with E-state index in [0.717, 1.165) is 5.56 Å². The molecule has 27 heavy (non-hydrogen) atoms. The van der Waals surface area contributed by atoms with Crippen molar-refractivity contribution in [3.8, 4) is 0 Å². The van der Waals surface area contributed by atoms with Gasteiger partial charge < -0.3 is 9.47 Å². The highest BCUT2D eigenvalue weighted by atomic mass is 17.2. The Kier molecular flexibility index (Phi) is 8.74. The van der Waals surface area contributed by atoms with Crippen LogP contribution in [-0.2, 0) is 35.4 Å². The molecule has 1 aromatic rings. The van der Waals surface area contributed by atoms with E-state index >= 15 is 0 Å². The van der Waals surface area contributed by atoms with Crippen molar-refractivity contribution >= 4 is 18.0 Å². The van der Waals surface area contributed by atoms with E-state index in [9.17, 15) is 14.4 Å². The first-order chi connectivity index (χ1) is 12.7. The van der Waals surface area contributed by atoms with E-state index in [1.54, 1.807) is 0 Å². The fourth-order valence-corrected chi connectivity index (χ4v) is 2.71. The van der Waals surface area contributed by atoms with Crippen LogP contribution in [0.3, 0.4) is 0 Å². The molecule has 0 spiro atoms. The van der Waals surface area contributed by atoms with Gasteiger partial charge in [-0.1, -0.05) is 37.3 Å². The lowest BCUT2D eigenvalue weighted by atomic mass is 9.96. The maximum absolute atomic E-state index is 12.7. The van der Waals surface area contributed by atoms with Gasteiger partial charge in [-0.15, -0.1) is 0 Å². The van der Waals surface area contributed by atoms with Gasteiger partial charge in [-0.05, 0) is 25.8 Å². The predicted octanol–water partition coefficient (Wildman–Crippen LogP) is 2.85. The monoisotopic (exact) mass is 381 g/mol. The summed E-state index contributed by atoms with van der Waals surface area (Å²) in [6.45, 7) is 6.33. The van der Waals surface area contributed by atoms with Gasteiger partial charge >= 0.3 is 18.0 Å². The number of ether oxygens (including phenoxy) is 2. The average molecular weight is 381 g/mol. The maximum atomic E-state index is 12.7. The number of hydrogen-bond donors (Lipinski definition) is 0. The summed E-state index contributed by atoms with van der Waals surface area (Å²) in [5.74, 6) is -1.46. The number of carbonyl (C=O) groups excluding carboxylic acids is 3. The lowest BCUT2D eigenvalue weighted by molar-refractivity contribution is -0.264. The molecule has 8 heteroatoms. The van der Waals surface area contributed by atoms with Gasteiger partial charge in [-0.25, -0.2) is 9.59 Å². The number of nitrogens with zero attached hydrogens (tertiary/aromatic N) is 1. The third kappa shape index (κ3) is 6.90. The highest BCUT2D eigenvalue weighted by Gasteiger charge is 2.46. The van der Waals surface area contributed by atoms with Crippen molar-refractivity contribution in [1.29, 1.82) is 0 Å². The van der Waals surface area contributed by atoms with E-state index in [2.05, 4.69) is 9.78 Å². The zero-order valence-corrected chi connectivity index (χ0v) is 16.4. The van der Waals surface area contributed by atoms with E-state index in [1.807, 2.05) is 37.3 Å². The molecular formula is C19H27NO7. The summed E-state index contributed by atoms with van der Waals surface area (Å²) in [6.07, 6.45) is -0.174. The molecule has 0 aliphatic heterocycles. The van der Waals surface area contributed by atoms with Crippen molar-refractivity contribution in [3.63, 3.8) is 0 Å². The molecule has 150 valence electrons. The second-order valence-electron chi connectivity index (χ2n) is 6.40. The summed E-state index contributed by atoms with van der Waals surface area (Å²) < 4.78 is 10.6. The standard InChI is InChI=1S/C19H27NO7/c1-6-12-20(18(23)25-13-15-10-8-7-9-11-15)16(17(22)27-24-5)19(3,4)26-14(2)21/h7-11,16H,6,12-13H2,1-5H3/t16-/m1/s1. The van der Waals surface area contributed by atoms with E-state index in [0.29, 0.717) is 6.42 Å². The molecule has 0 N–H and O–H groups in total. The second kappa shape index (κ2) is 10.5. The highest BCUT2D eigenvalue weighted by molar-refractivity contribution is 5.83. The van der Waals surface area contributed by atoms with Crippen molar-refractivity contribution in [2.75, 3.05) is 13.7 Å². The summed E-state index contributed by atoms with van der Waals surface area (Å²) in [5.41, 5.74) is -0.555. The van der Waals surface area contributed by atoms with Crippen molar-refractivity contribution in [1.82, 2.24) is 4.90 Å². The van der Waals surface area contributed by atoms with Gasteiger partial charge in [0.15, 0.2) is 6.04 Å². The summed E-state index contributed by atoms with van der Waals surface area (Å²) in [4.78, 5) is 46.9. The first kappa shape index (κ1) is 22.4. The molecular weight excluding hydrogens is 354 g/mol. The Morgan fingerprint density at radius 1 is 1.15 bits per heavy atom. The molecule has 1 amide bonds. The fourth-order valence-electron chi connectivity index (χ4n) is 2.71. The van der Waals surface area contributed by atoms with Crippen LogP contribution < -0.4 is 0 Å². The maximum Gasteiger partial charge on any atom is 0.410 e. The Morgan fingerprint density at radius 3 is 2.30 bits per heavy atom. The lowest BCUT2D eigenvalue weighted by Crippen LogP contribution is -2.58. The van der Waals surface area contributed by atoms with Crippen LogP contribution >= 0.6 is 0 Å². The molecule has 0 radical (unpaired) electrons. The number of amides is 1. The topological polar surface area (TPSA) is 91.4 Å². The lowest BCUT2D eigenvalue weighted by Gasteiger charge is -2.38. The fraction of sp³-hybridized carbons (Fsp3) is 0.526. The second-order valence-corrected chi connectivity index (χ2v) is 6.40. The molecule has 1 rings (SSSR count). The molecule has 0 aromatic heterocycles. The van der Waals surface area contributed by atoms with Gasteiger partial charge in [0.2, 0.25) is 0 Å².